The second kappa shape index (κ2) is 7.85. The average molecular weight is 413 g/mol. The van der Waals surface area contributed by atoms with E-state index in [2.05, 4.69) is 57.0 Å². The number of rotatable bonds is 5. The van der Waals surface area contributed by atoms with Crippen molar-refractivity contribution in [1.29, 1.82) is 0 Å². The molecule has 29 heavy (non-hydrogen) atoms. The Hall–Kier alpha value is -1.13. The van der Waals surface area contributed by atoms with Crippen LogP contribution >= 0.6 is 0 Å². The van der Waals surface area contributed by atoms with E-state index in [4.69, 9.17) is 4.43 Å². The zero-order chi connectivity index (χ0) is 20.8. The fourth-order valence-corrected chi connectivity index (χ4v) is 6.26. The van der Waals surface area contributed by atoms with Crippen LogP contribution in [0, 0.1) is 11.8 Å². The molecule has 0 amide bonds. The molecule has 4 heteroatoms. The Balaban J connectivity index is 1.76. The molecule has 0 N–H and O–H groups in total. The number of likely N-dealkylation sites (tertiary alicyclic amines) is 1. The van der Waals surface area contributed by atoms with E-state index in [0.29, 0.717) is 18.1 Å². The second-order valence-corrected chi connectivity index (χ2v) is 13.0. The average Bonchev–Trinajstić information content (AvgIpc) is 3.44. The SMILES string of the molecule is C[Si](C)Oc1c(C(C)(C)C)cccc1[C@@]12CCN(CC3CC3)C[C@H]1CCC(=O)C2. The monoisotopic (exact) mass is 412 g/mol. The van der Waals surface area contributed by atoms with Crippen LogP contribution in [0.15, 0.2) is 18.2 Å². The number of piperidine rings is 1. The highest BCUT2D eigenvalue weighted by Gasteiger charge is 2.50. The van der Waals surface area contributed by atoms with Gasteiger partial charge in [0, 0.05) is 31.3 Å². The highest BCUT2D eigenvalue weighted by Crippen LogP contribution is 2.52. The van der Waals surface area contributed by atoms with E-state index in [1.807, 2.05) is 0 Å². The number of hydrogen-bond acceptors (Lipinski definition) is 3. The lowest BCUT2D eigenvalue weighted by Gasteiger charge is -2.51. The summed E-state index contributed by atoms with van der Waals surface area (Å²) in [4.78, 5) is 15.4. The first-order chi connectivity index (χ1) is 13.7. The zero-order valence-corrected chi connectivity index (χ0v) is 20.0. The van der Waals surface area contributed by atoms with Crippen molar-refractivity contribution in [2.24, 2.45) is 11.8 Å². The normalized spacial score (nSPS) is 28.5. The minimum Gasteiger partial charge on any atom is -0.542 e. The Kier molecular flexibility index (Phi) is 5.71. The molecule has 1 saturated heterocycles. The molecule has 1 aromatic rings. The molecule has 159 valence electrons. The summed E-state index contributed by atoms with van der Waals surface area (Å²) in [6.45, 7) is 14.8. The first kappa shape index (κ1) is 21.1. The maximum atomic E-state index is 12.7. The number of hydrogen-bond donors (Lipinski definition) is 0. The molecule has 3 nitrogen and oxygen atoms in total. The fourth-order valence-electron chi connectivity index (χ4n) is 5.63. The molecule has 1 aromatic carbocycles. The van der Waals surface area contributed by atoms with Gasteiger partial charge in [0.05, 0.1) is 0 Å². The van der Waals surface area contributed by atoms with Gasteiger partial charge in [-0.25, -0.2) is 0 Å². The number of nitrogens with zero attached hydrogens (tertiary/aromatic N) is 1. The van der Waals surface area contributed by atoms with Crippen LogP contribution in [0.1, 0.15) is 70.4 Å². The van der Waals surface area contributed by atoms with Crippen LogP contribution in [-0.4, -0.2) is 39.4 Å². The molecule has 0 bridgehead atoms. The number of para-hydroxylation sites is 1. The van der Waals surface area contributed by atoms with E-state index in [0.717, 1.165) is 44.0 Å². The predicted molar refractivity (Wildman–Crippen MR) is 121 cm³/mol. The lowest BCUT2D eigenvalue weighted by Crippen LogP contribution is -2.53. The summed E-state index contributed by atoms with van der Waals surface area (Å²) >= 11 is 0. The number of ketones is 1. The summed E-state index contributed by atoms with van der Waals surface area (Å²) in [7, 11) is -0.896. The van der Waals surface area contributed by atoms with Crippen LogP contribution in [0.4, 0.5) is 0 Å². The van der Waals surface area contributed by atoms with E-state index in [1.54, 1.807) is 0 Å². The maximum absolute atomic E-state index is 12.7. The Morgan fingerprint density at radius 1 is 1.21 bits per heavy atom. The molecule has 0 spiro atoms. The van der Waals surface area contributed by atoms with Gasteiger partial charge in [-0.2, -0.15) is 0 Å². The third kappa shape index (κ3) is 4.34. The Bertz CT molecular complexity index is 765. The van der Waals surface area contributed by atoms with E-state index < -0.39 is 9.04 Å². The Morgan fingerprint density at radius 3 is 2.62 bits per heavy atom. The first-order valence-corrected chi connectivity index (χ1v) is 14.0. The van der Waals surface area contributed by atoms with E-state index in [9.17, 15) is 4.79 Å². The van der Waals surface area contributed by atoms with Crippen LogP contribution in [0.5, 0.6) is 5.75 Å². The minimum atomic E-state index is -0.896. The number of carbonyl (C=O) groups is 1. The molecule has 1 radical (unpaired) electrons. The largest absolute Gasteiger partial charge is 0.542 e. The maximum Gasteiger partial charge on any atom is 0.274 e. The number of fused-ring (bicyclic) bond motifs is 1. The minimum absolute atomic E-state index is 0.0279. The van der Waals surface area contributed by atoms with Gasteiger partial charge in [0.25, 0.3) is 9.04 Å². The Labute approximate surface area is 178 Å². The predicted octanol–water partition coefficient (Wildman–Crippen LogP) is 5.34. The van der Waals surface area contributed by atoms with Crippen molar-refractivity contribution < 1.29 is 9.22 Å². The highest BCUT2D eigenvalue weighted by atomic mass is 28.3. The molecule has 3 fully saturated rings. The molecule has 2 aliphatic carbocycles. The van der Waals surface area contributed by atoms with Gasteiger partial charge in [-0.05, 0) is 73.7 Å². The van der Waals surface area contributed by atoms with Crippen LogP contribution in [-0.2, 0) is 15.6 Å². The molecular formula is C25H38NO2Si. The third-order valence-corrected chi connectivity index (χ3v) is 7.91. The van der Waals surface area contributed by atoms with Crippen molar-refractivity contribution >= 4 is 14.8 Å². The van der Waals surface area contributed by atoms with Gasteiger partial charge in [-0.1, -0.05) is 39.0 Å². The van der Waals surface area contributed by atoms with Crippen molar-refractivity contribution in [2.75, 3.05) is 19.6 Å². The quantitative estimate of drug-likeness (QED) is 0.612. The van der Waals surface area contributed by atoms with Crippen LogP contribution < -0.4 is 4.43 Å². The number of Topliss-reactive ketones (excluding diaryl/α,β-unsaturated/α-hetero) is 1. The van der Waals surface area contributed by atoms with E-state index in [1.165, 1.54) is 30.5 Å². The summed E-state index contributed by atoms with van der Waals surface area (Å²) in [6, 6.07) is 6.74. The van der Waals surface area contributed by atoms with Crippen molar-refractivity contribution in [2.45, 2.75) is 83.2 Å². The van der Waals surface area contributed by atoms with Gasteiger partial charge in [-0.3, -0.25) is 4.79 Å². The molecule has 0 aromatic heterocycles. The fraction of sp³-hybridized carbons (Fsp3) is 0.720. The summed E-state index contributed by atoms with van der Waals surface area (Å²) in [5.41, 5.74) is 2.62. The van der Waals surface area contributed by atoms with Crippen LogP contribution in [0.2, 0.25) is 13.1 Å². The molecule has 1 aliphatic heterocycles. The molecular weight excluding hydrogens is 374 g/mol. The van der Waals surface area contributed by atoms with Gasteiger partial charge >= 0.3 is 0 Å². The van der Waals surface area contributed by atoms with Gasteiger partial charge in [0.15, 0.2) is 0 Å². The molecule has 0 unspecified atom stereocenters. The van der Waals surface area contributed by atoms with E-state index >= 15 is 0 Å². The summed E-state index contributed by atoms with van der Waals surface area (Å²) in [5.74, 6) is 3.05. The summed E-state index contributed by atoms with van der Waals surface area (Å²) < 4.78 is 6.61. The Morgan fingerprint density at radius 2 is 1.97 bits per heavy atom. The molecule has 2 atom stereocenters. The van der Waals surface area contributed by atoms with Crippen molar-refractivity contribution in [3.8, 4) is 5.75 Å². The molecule has 1 heterocycles. The van der Waals surface area contributed by atoms with Crippen molar-refractivity contribution in [3.05, 3.63) is 29.3 Å². The molecule has 3 aliphatic rings. The third-order valence-electron chi connectivity index (χ3n) is 7.30. The van der Waals surface area contributed by atoms with Crippen LogP contribution in [0.3, 0.4) is 0 Å². The zero-order valence-electron chi connectivity index (χ0n) is 19.0. The van der Waals surface area contributed by atoms with Crippen LogP contribution in [0.25, 0.3) is 0 Å². The highest BCUT2D eigenvalue weighted by molar-refractivity contribution is 6.49. The van der Waals surface area contributed by atoms with Gasteiger partial charge in [0.2, 0.25) is 0 Å². The lowest BCUT2D eigenvalue weighted by atomic mass is 9.58. The summed E-state index contributed by atoms with van der Waals surface area (Å²) in [5, 5.41) is 0. The topological polar surface area (TPSA) is 29.5 Å². The number of carbonyl (C=O) groups excluding carboxylic acids is 1. The molecule has 4 rings (SSSR count). The summed E-state index contributed by atoms with van der Waals surface area (Å²) in [6.07, 6.45) is 6.41. The first-order valence-electron chi connectivity index (χ1n) is 11.5. The van der Waals surface area contributed by atoms with E-state index in [-0.39, 0.29) is 10.8 Å². The smallest absolute Gasteiger partial charge is 0.274 e. The second-order valence-electron chi connectivity index (χ2n) is 11.0. The lowest BCUT2D eigenvalue weighted by molar-refractivity contribution is -0.125. The van der Waals surface area contributed by atoms with Crippen molar-refractivity contribution in [1.82, 2.24) is 4.90 Å². The van der Waals surface area contributed by atoms with Crippen molar-refractivity contribution in [3.63, 3.8) is 0 Å². The standard InChI is InChI=1S/C25H38NO2Si/c1-24(2,3)21-7-6-8-22(23(21)28-29(4)5)25-13-14-26(16-18-9-10-18)17-19(25)11-12-20(27)15-25/h6-8,18-19H,9-17H2,1-5H3/t19-,25-/m1/s1. The van der Waals surface area contributed by atoms with Gasteiger partial charge < -0.3 is 9.33 Å². The number of benzene rings is 1. The molecule has 2 saturated carbocycles. The van der Waals surface area contributed by atoms with Gasteiger partial charge in [0.1, 0.15) is 11.5 Å². The van der Waals surface area contributed by atoms with Gasteiger partial charge in [-0.15, -0.1) is 0 Å².